The molecule has 0 amide bonds. The van der Waals surface area contributed by atoms with Crippen molar-refractivity contribution in [1.29, 1.82) is 0 Å². The summed E-state index contributed by atoms with van der Waals surface area (Å²) in [5.74, 6) is 1.90. The van der Waals surface area contributed by atoms with Crippen LogP contribution in [0.1, 0.15) is 113 Å². The number of carbonyl (C=O) groups is 1. The largest absolute Gasteiger partial charge is 0.390 e. The molecule has 0 bridgehead atoms. The van der Waals surface area contributed by atoms with E-state index >= 15 is 0 Å². The molecule has 2 aliphatic rings. The normalized spacial score (nSPS) is 22.4. The van der Waals surface area contributed by atoms with Gasteiger partial charge in [-0.3, -0.25) is 4.79 Å². The minimum atomic E-state index is -0.675. The van der Waals surface area contributed by atoms with Crippen molar-refractivity contribution >= 4 is 5.78 Å². The number of aliphatic hydroxyl groups is 1. The highest BCUT2D eigenvalue weighted by molar-refractivity contribution is 5.93. The molecule has 36 heavy (non-hydrogen) atoms. The molecule has 3 atom stereocenters. The third kappa shape index (κ3) is 11.0. The lowest BCUT2D eigenvalue weighted by molar-refractivity contribution is -0.123. The molecule has 208 valence electrons. The number of ketones is 1. The quantitative estimate of drug-likeness (QED) is 0.192. The van der Waals surface area contributed by atoms with Crippen LogP contribution in [-0.4, -0.2) is 40.4 Å². The first-order valence-electron chi connectivity index (χ1n) is 14.0. The maximum atomic E-state index is 11.8. The third-order valence-electron chi connectivity index (χ3n) is 8.12. The number of rotatable bonds is 14. The van der Waals surface area contributed by atoms with Gasteiger partial charge in [0.25, 0.3) is 0 Å². The molecule has 0 aromatic carbocycles. The average Bonchev–Trinajstić information content (AvgIpc) is 3.36. The van der Waals surface area contributed by atoms with E-state index in [1.165, 1.54) is 38.2 Å². The van der Waals surface area contributed by atoms with Gasteiger partial charge in [0, 0.05) is 5.41 Å². The van der Waals surface area contributed by atoms with Crippen molar-refractivity contribution < 1.29 is 19.4 Å². The van der Waals surface area contributed by atoms with Gasteiger partial charge in [0.1, 0.15) is 0 Å². The van der Waals surface area contributed by atoms with Gasteiger partial charge < -0.3 is 14.6 Å². The molecule has 0 saturated heterocycles. The SMILES string of the molecule is C=CC(=C)C(C)(C)OCCC(C)(C)O.C=CC(=O)C(C)(C)CCCC(C)(C)OC1CCC2CCCC21. The van der Waals surface area contributed by atoms with Crippen LogP contribution in [0.25, 0.3) is 0 Å². The van der Waals surface area contributed by atoms with Crippen molar-refractivity contribution in [3.05, 3.63) is 37.5 Å². The van der Waals surface area contributed by atoms with Gasteiger partial charge in [0.05, 0.1) is 29.5 Å². The smallest absolute Gasteiger partial charge is 0.160 e. The highest BCUT2D eigenvalue weighted by Gasteiger charge is 2.41. The summed E-state index contributed by atoms with van der Waals surface area (Å²) in [6.45, 7) is 27.5. The second-order valence-electron chi connectivity index (χ2n) is 13.3. The summed E-state index contributed by atoms with van der Waals surface area (Å²) in [5, 5.41) is 9.49. The lowest BCUT2D eigenvalue weighted by Gasteiger charge is -2.33. The second kappa shape index (κ2) is 13.5. The molecular weight excluding hydrogens is 448 g/mol. The Kier molecular flexibility index (Phi) is 12.3. The van der Waals surface area contributed by atoms with Gasteiger partial charge in [-0.1, -0.05) is 52.5 Å². The van der Waals surface area contributed by atoms with E-state index in [-0.39, 0.29) is 16.8 Å². The predicted molar refractivity (Wildman–Crippen MR) is 152 cm³/mol. The van der Waals surface area contributed by atoms with Gasteiger partial charge in [-0.05, 0) is 110 Å². The van der Waals surface area contributed by atoms with Gasteiger partial charge in [-0.25, -0.2) is 0 Å². The Morgan fingerprint density at radius 3 is 2.11 bits per heavy atom. The maximum absolute atomic E-state index is 11.8. The fourth-order valence-electron chi connectivity index (χ4n) is 5.37. The molecule has 0 radical (unpaired) electrons. The van der Waals surface area contributed by atoms with Gasteiger partial charge >= 0.3 is 0 Å². The topological polar surface area (TPSA) is 55.8 Å². The summed E-state index contributed by atoms with van der Waals surface area (Å²) in [4.78, 5) is 11.8. The molecule has 2 saturated carbocycles. The fraction of sp³-hybridized carbons (Fsp3) is 0.781. The van der Waals surface area contributed by atoms with Crippen molar-refractivity contribution in [1.82, 2.24) is 0 Å². The molecule has 0 spiro atoms. The minimum Gasteiger partial charge on any atom is -0.390 e. The van der Waals surface area contributed by atoms with Crippen molar-refractivity contribution in [2.45, 2.75) is 136 Å². The Morgan fingerprint density at radius 1 is 0.917 bits per heavy atom. The van der Waals surface area contributed by atoms with E-state index in [0.717, 1.165) is 36.7 Å². The van der Waals surface area contributed by atoms with Crippen molar-refractivity contribution in [2.24, 2.45) is 17.3 Å². The molecule has 0 heterocycles. The van der Waals surface area contributed by atoms with E-state index in [1.807, 2.05) is 27.7 Å². The molecular formula is C32H56O4. The third-order valence-corrected chi connectivity index (χ3v) is 8.12. The lowest BCUT2D eigenvalue weighted by atomic mass is 9.81. The number of carbonyl (C=O) groups excluding carboxylic acids is 1. The average molecular weight is 505 g/mol. The van der Waals surface area contributed by atoms with Crippen molar-refractivity contribution in [3.8, 4) is 0 Å². The van der Waals surface area contributed by atoms with Crippen LogP contribution >= 0.6 is 0 Å². The molecule has 2 rings (SSSR count). The maximum Gasteiger partial charge on any atom is 0.160 e. The van der Waals surface area contributed by atoms with Crippen LogP contribution in [0.2, 0.25) is 0 Å². The van der Waals surface area contributed by atoms with E-state index in [1.54, 1.807) is 19.9 Å². The Morgan fingerprint density at radius 2 is 1.56 bits per heavy atom. The van der Waals surface area contributed by atoms with E-state index < -0.39 is 11.2 Å². The van der Waals surface area contributed by atoms with Crippen molar-refractivity contribution in [2.75, 3.05) is 6.61 Å². The van der Waals surface area contributed by atoms with Gasteiger partial charge in [-0.2, -0.15) is 0 Å². The predicted octanol–water partition coefficient (Wildman–Crippen LogP) is 8.00. The number of fused-ring (bicyclic) bond motifs is 1. The summed E-state index contributed by atoms with van der Waals surface area (Å²) >= 11 is 0. The first kappa shape index (κ1) is 32.8. The van der Waals surface area contributed by atoms with Gasteiger partial charge in [0.2, 0.25) is 0 Å². The minimum absolute atomic E-state index is 0.0740. The number of hydrogen-bond acceptors (Lipinski definition) is 4. The monoisotopic (exact) mass is 504 g/mol. The Bertz CT molecular complexity index is 738. The molecule has 4 nitrogen and oxygen atoms in total. The number of ether oxygens (including phenoxy) is 2. The van der Waals surface area contributed by atoms with Gasteiger partial charge in [0.15, 0.2) is 5.78 Å². The molecule has 1 N–H and O–H groups in total. The molecule has 0 aromatic heterocycles. The fourth-order valence-corrected chi connectivity index (χ4v) is 5.37. The van der Waals surface area contributed by atoms with E-state index in [4.69, 9.17) is 9.47 Å². The van der Waals surface area contributed by atoms with Crippen LogP contribution in [0, 0.1) is 17.3 Å². The zero-order chi connectivity index (χ0) is 27.8. The van der Waals surface area contributed by atoms with E-state index in [9.17, 15) is 9.90 Å². The molecule has 2 fully saturated rings. The zero-order valence-corrected chi connectivity index (χ0v) is 24.8. The summed E-state index contributed by atoms with van der Waals surface area (Å²) in [5.41, 5.74) is -0.580. The van der Waals surface area contributed by atoms with E-state index in [0.29, 0.717) is 19.1 Å². The standard InChI is InChI=1S/C20H34O2.C12H22O2/c1-6-18(21)19(2,3)13-8-14-20(4,5)22-17-12-11-15-9-7-10-16(15)17;1-7-10(2)12(5,6)14-9-8-11(3,4)13/h6,15-17H,1,7-14H2,2-5H3;7,13H,1-2,8-9H2,3-6H3. The highest BCUT2D eigenvalue weighted by atomic mass is 16.5. The number of allylic oxidation sites excluding steroid dienone is 1. The van der Waals surface area contributed by atoms with E-state index in [2.05, 4.69) is 33.6 Å². The van der Waals surface area contributed by atoms with Crippen LogP contribution in [0.4, 0.5) is 0 Å². The number of hydrogen-bond donors (Lipinski definition) is 1. The molecule has 0 aliphatic heterocycles. The Balaban J connectivity index is 0.000000402. The molecule has 3 unspecified atom stereocenters. The molecule has 0 aromatic rings. The van der Waals surface area contributed by atoms with Crippen LogP contribution in [0.5, 0.6) is 0 Å². The summed E-state index contributed by atoms with van der Waals surface area (Å²) in [7, 11) is 0. The second-order valence-corrected chi connectivity index (χ2v) is 13.3. The lowest BCUT2D eigenvalue weighted by Crippen LogP contribution is -2.33. The Hall–Kier alpha value is -1.23. The van der Waals surface area contributed by atoms with Crippen LogP contribution in [-0.2, 0) is 14.3 Å². The first-order valence-corrected chi connectivity index (χ1v) is 14.0. The van der Waals surface area contributed by atoms with Crippen LogP contribution < -0.4 is 0 Å². The first-order chi connectivity index (χ1) is 16.4. The highest BCUT2D eigenvalue weighted by Crippen LogP contribution is 2.46. The summed E-state index contributed by atoms with van der Waals surface area (Å²) in [6.07, 6.45) is 14.0. The molecule has 4 heteroatoms. The van der Waals surface area contributed by atoms with Crippen LogP contribution in [0.15, 0.2) is 37.5 Å². The molecule has 2 aliphatic carbocycles. The Labute approximate surface area is 222 Å². The summed E-state index contributed by atoms with van der Waals surface area (Å²) in [6, 6.07) is 0. The van der Waals surface area contributed by atoms with Crippen molar-refractivity contribution in [3.63, 3.8) is 0 Å². The summed E-state index contributed by atoms with van der Waals surface area (Å²) < 4.78 is 12.1. The van der Waals surface area contributed by atoms with Gasteiger partial charge in [-0.15, -0.1) is 0 Å². The van der Waals surface area contributed by atoms with Crippen LogP contribution in [0.3, 0.4) is 0 Å². The zero-order valence-electron chi connectivity index (χ0n) is 24.8.